The lowest BCUT2D eigenvalue weighted by atomic mass is 10.1. The van der Waals surface area contributed by atoms with Crippen LogP contribution in [0.1, 0.15) is 25.3 Å². The molecule has 25 heavy (non-hydrogen) atoms. The zero-order chi connectivity index (χ0) is 18.1. The molecule has 0 fully saturated rings. The van der Waals surface area contributed by atoms with Gasteiger partial charge in [-0.3, -0.25) is 0 Å². The molecule has 2 N–H and O–H groups in total. The van der Waals surface area contributed by atoms with Crippen molar-refractivity contribution in [3.8, 4) is 5.75 Å². The second kappa shape index (κ2) is 9.93. The maximum Gasteiger partial charge on any atom is 0.170 e. The molecule has 0 amide bonds. The predicted molar refractivity (Wildman–Crippen MR) is 101 cm³/mol. The minimum Gasteiger partial charge on any atom is -0.493 e. The monoisotopic (exact) mass is 364 g/mol. The highest BCUT2D eigenvalue weighted by Crippen LogP contribution is 2.20. The van der Waals surface area contributed by atoms with Crippen molar-refractivity contribution < 1.29 is 13.5 Å². The van der Waals surface area contributed by atoms with Gasteiger partial charge in [-0.05, 0) is 55.2 Å². The van der Waals surface area contributed by atoms with E-state index in [1.807, 2.05) is 24.3 Å². The first-order valence-corrected chi connectivity index (χ1v) is 8.72. The first kappa shape index (κ1) is 19.1. The van der Waals surface area contributed by atoms with E-state index in [0.29, 0.717) is 13.2 Å². The van der Waals surface area contributed by atoms with Gasteiger partial charge in [0.15, 0.2) is 5.11 Å². The van der Waals surface area contributed by atoms with Crippen LogP contribution in [0.3, 0.4) is 0 Å². The molecular weight excluding hydrogens is 342 g/mol. The van der Waals surface area contributed by atoms with E-state index in [1.54, 1.807) is 0 Å². The Kier molecular flexibility index (Phi) is 7.60. The first-order chi connectivity index (χ1) is 12.1. The lowest BCUT2D eigenvalue weighted by molar-refractivity contribution is 0.314. The molecule has 0 spiro atoms. The van der Waals surface area contributed by atoms with Crippen molar-refractivity contribution in [1.82, 2.24) is 5.32 Å². The molecule has 2 aromatic carbocycles. The summed E-state index contributed by atoms with van der Waals surface area (Å²) in [6.07, 6.45) is 2.60. The van der Waals surface area contributed by atoms with Crippen molar-refractivity contribution in [2.24, 2.45) is 0 Å². The molecule has 0 atom stereocenters. The van der Waals surface area contributed by atoms with Gasteiger partial charge in [-0.15, -0.1) is 0 Å². The van der Waals surface area contributed by atoms with Gasteiger partial charge in [-0.1, -0.05) is 31.2 Å². The Morgan fingerprint density at radius 3 is 2.52 bits per heavy atom. The van der Waals surface area contributed by atoms with Gasteiger partial charge in [0, 0.05) is 6.54 Å². The van der Waals surface area contributed by atoms with Crippen LogP contribution in [0, 0.1) is 11.6 Å². The number of benzene rings is 2. The Bertz CT molecular complexity index is 689. The molecule has 0 aromatic heterocycles. The third kappa shape index (κ3) is 5.98. The van der Waals surface area contributed by atoms with Crippen LogP contribution in [0.25, 0.3) is 0 Å². The van der Waals surface area contributed by atoms with Crippen molar-refractivity contribution in [2.75, 3.05) is 18.5 Å². The minimum absolute atomic E-state index is 0.194. The summed E-state index contributed by atoms with van der Waals surface area (Å²) in [6, 6.07) is 11.6. The largest absolute Gasteiger partial charge is 0.493 e. The van der Waals surface area contributed by atoms with E-state index in [-0.39, 0.29) is 10.8 Å². The lowest BCUT2D eigenvalue weighted by Crippen LogP contribution is -2.30. The van der Waals surface area contributed by atoms with Gasteiger partial charge in [0.1, 0.15) is 23.1 Å². The summed E-state index contributed by atoms with van der Waals surface area (Å²) in [5.74, 6) is -0.448. The number of rotatable bonds is 8. The molecule has 0 radical (unpaired) electrons. The minimum atomic E-state index is -0.675. The maximum atomic E-state index is 13.6. The molecule has 3 nitrogen and oxygen atoms in total. The van der Waals surface area contributed by atoms with Gasteiger partial charge in [-0.25, -0.2) is 8.78 Å². The Labute approximate surface area is 152 Å². The van der Waals surface area contributed by atoms with E-state index in [0.717, 1.165) is 30.6 Å². The molecule has 0 aliphatic heterocycles. The van der Waals surface area contributed by atoms with Crippen LogP contribution < -0.4 is 15.4 Å². The summed E-state index contributed by atoms with van der Waals surface area (Å²) < 4.78 is 32.9. The Morgan fingerprint density at radius 2 is 1.80 bits per heavy atom. The fourth-order valence-corrected chi connectivity index (χ4v) is 2.52. The van der Waals surface area contributed by atoms with Gasteiger partial charge in [0.05, 0.1) is 6.61 Å². The average molecular weight is 364 g/mol. The third-order valence-corrected chi connectivity index (χ3v) is 3.79. The van der Waals surface area contributed by atoms with Crippen LogP contribution in [0.5, 0.6) is 5.75 Å². The molecule has 2 rings (SSSR count). The van der Waals surface area contributed by atoms with E-state index in [4.69, 9.17) is 17.0 Å². The lowest BCUT2D eigenvalue weighted by Gasteiger charge is -2.13. The van der Waals surface area contributed by atoms with Crippen LogP contribution in [0.15, 0.2) is 42.5 Å². The van der Waals surface area contributed by atoms with Gasteiger partial charge >= 0.3 is 0 Å². The van der Waals surface area contributed by atoms with Gasteiger partial charge in [0.2, 0.25) is 0 Å². The number of aryl methyl sites for hydroxylation is 1. The number of nitrogens with one attached hydrogen (secondary N) is 2. The third-order valence-electron chi connectivity index (χ3n) is 3.54. The molecule has 6 heteroatoms. The predicted octanol–water partition coefficient (Wildman–Crippen LogP) is 4.67. The smallest absolute Gasteiger partial charge is 0.170 e. The van der Waals surface area contributed by atoms with E-state index < -0.39 is 11.6 Å². The molecule has 0 heterocycles. The van der Waals surface area contributed by atoms with Crippen LogP contribution in [-0.2, 0) is 6.42 Å². The van der Waals surface area contributed by atoms with Crippen molar-refractivity contribution >= 4 is 23.0 Å². The molecule has 134 valence electrons. The number of hydrogen-bond acceptors (Lipinski definition) is 2. The molecule has 0 unspecified atom stereocenters. The molecule has 0 aliphatic carbocycles. The van der Waals surface area contributed by atoms with Gasteiger partial charge < -0.3 is 15.4 Å². The van der Waals surface area contributed by atoms with E-state index in [2.05, 4.69) is 17.6 Å². The molecule has 0 aliphatic rings. The zero-order valence-corrected chi connectivity index (χ0v) is 15.0. The van der Waals surface area contributed by atoms with Crippen molar-refractivity contribution in [1.29, 1.82) is 0 Å². The number of ether oxygens (including phenoxy) is 1. The van der Waals surface area contributed by atoms with E-state index >= 15 is 0 Å². The quantitative estimate of drug-likeness (QED) is 0.527. The van der Waals surface area contributed by atoms with Crippen LogP contribution in [0.2, 0.25) is 0 Å². The molecular formula is C19H22F2N2OS. The fraction of sp³-hybridized carbons (Fsp3) is 0.316. The van der Waals surface area contributed by atoms with Gasteiger partial charge in [-0.2, -0.15) is 0 Å². The van der Waals surface area contributed by atoms with Crippen molar-refractivity contribution in [3.63, 3.8) is 0 Å². The first-order valence-electron chi connectivity index (χ1n) is 8.31. The van der Waals surface area contributed by atoms with Gasteiger partial charge in [0.25, 0.3) is 0 Å². The highest BCUT2D eigenvalue weighted by molar-refractivity contribution is 7.80. The molecule has 0 saturated heterocycles. The summed E-state index contributed by atoms with van der Waals surface area (Å²) in [5.41, 5.74) is 0.898. The van der Waals surface area contributed by atoms with Crippen LogP contribution >= 0.6 is 12.2 Å². The Hall–Kier alpha value is -2.21. The number of halogens is 2. The summed E-state index contributed by atoms with van der Waals surface area (Å²) in [5, 5.41) is 5.72. The summed E-state index contributed by atoms with van der Waals surface area (Å²) in [7, 11) is 0. The summed E-state index contributed by atoms with van der Waals surface area (Å²) in [6.45, 7) is 3.35. The topological polar surface area (TPSA) is 33.3 Å². The van der Waals surface area contributed by atoms with E-state index in [9.17, 15) is 8.78 Å². The highest BCUT2D eigenvalue weighted by Gasteiger charge is 2.09. The Balaban J connectivity index is 1.79. The van der Waals surface area contributed by atoms with Crippen LogP contribution in [0.4, 0.5) is 14.5 Å². The Morgan fingerprint density at radius 1 is 1.08 bits per heavy atom. The molecule has 2 aromatic rings. The molecule has 0 bridgehead atoms. The number of para-hydroxylation sites is 2. The maximum absolute atomic E-state index is 13.6. The number of hydrogen-bond donors (Lipinski definition) is 2. The second-order valence-corrected chi connectivity index (χ2v) is 5.95. The average Bonchev–Trinajstić information content (AvgIpc) is 2.61. The second-order valence-electron chi connectivity index (χ2n) is 5.54. The fourth-order valence-electron chi connectivity index (χ4n) is 2.32. The number of thiocarbonyl (C=S) groups is 1. The standard InChI is InChI=1S/C19H22F2N2OS/c1-2-13-24-17-11-4-3-7-14(17)8-6-12-22-19(25)23-18-15(20)9-5-10-16(18)21/h3-5,7,9-11H,2,6,8,12-13H2,1H3,(H2,22,23,25). The zero-order valence-electron chi connectivity index (χ0n) is 14.1. The summed E-state index contributed by atoms with van der Waals surface area (Å²) >= 11 is 5.09. The van der Waals surface area contributed by atoms with Crippen LogP contribution in [-0.4, -0.2) is 18.3 Å². The normalized spacial score (nSPS) is 10.4. The van der Waals surface area contributed by atoms with Crippen molar-refractivity contribution in [2.45, 2.75) is 26.2 Å². The SMILES string of the molecule is CCCOc1ccccc1CCCNC(=S)Nc1c(F)cccc1F. The highest BCUT2D eigenvalue weighted by atomic mass is 32.1. The van der Waals surface area contributed by atoms with Crippen molar-refractivity contribution in [3.05, 3.63) is 59.7 Å². The summed E-state index contributed by atoms with van der Waals surface area (Å²) in [4.78, 5) is 0. The van der Waals surface area contributed by atoms with E-state index in [1.165, 1.54) is 18.2 Å². The molecule has 0 saturated carbocycles. The number of anilines is 1.